The number of nitrogens with two attached hydrogens (primary N) is 1. The third-order valence-corrected chi connectivity index (χ3v) is 2.39. The molecule has 1 aromatic carbocycles. The molecule has 0 aliphatic heterocycles. The van der Waals surface area contributed by atoms with Crippen molar-refractivity contribution in [3.8, 4) is 5.75 Å². The predicted octanol–water partition coefficient (Wildman–Crippen LogP) is 2.96. The van der Waals surface area contributed by atoms with Gasteiger partial charge in [0, 0.05) is 0 Å². The van der Waals surface area contributed by atoms with Gasteiger partial charge in [-0.2, -0.15) is 13.2 Å². The Labute approximate surface area is 103 Å². The van der Waals surface area contributed by atoms with Gasteiger partial charge in [0.25, 0.3) is 0 Å². The summed E-state index contributed by atoms with van der Waals surface area (Å²) in [6.45, 7) is 2.72. The van der Waals surface area contributed by atoms with Crippen LogP contribution >= 0.6 is 12.2 Å². The number of rotatable bonds is 3. The number of hydrogen-bond acceptors (Lipinski definition) is 2. The van der Waals surface area contributed by atoms with Crippen molar-refractivity contribution in [3.63, 3.8) is 0 Å². The molecule has 6 heteroatoms. The molecule has 1 unspecified atom stereocenters. The molecule has 0 heterocycles. The number of alkyl halides is 3. The minimum Gasteiger partial charge on any atom is -0.481 e. The third-order valence-electron chi connectivity index (χ3n) is 2.17. The average Bonchev–Trinajstić information content (AvgIpc) is 2.18. The maximum Gasteiger partial charge on any atom is 0.425 e. The first-order chi connectivity index (χ1) is 7.71. The molecular formula is C11H12F3NOS. The van der Waals surface area contributed by atoms with Crippen LogP contribution in [0, 0.1) is 6.92 Å². The molecule has 0 saturated heterocycles. The highest BCUT2D eigenvalue weighted by atomic mass is 32.1. The fourth-order valence-corrected chi connectivity index (χ4v) is 1.36. The highest BCUT2D eigenvalue weighted by Gasteiger charge is 2.38. The molecule has 0 radical (unpaired) electrons. The summed E-state index contributed by atoms with van der Waals surface area (Å²) >= 11 is 4.77. The first-order valence-corrected chi connectivity index (χ1v) is 5.26. The Morgan fingerprint density at radius 2 is 2.00 bits per heavy atom. The Morgan fingerprint density at radius 1 is 1.41 bits per heavy atom. The second kappa shape index (κ2) is 4.91. The molecule has 0 amide bonds. The Balaban J connectivity index is 3.03. The SMILES string of the molecule is Cc1ccc(OC(C)C(F)(F)F)c(C(N)=S)c1. The molecule has 0 aliphatic carbocycles. The van der Waals surface area contributed by atoms with Gasteiger partial charge in [-0.25, -0.2) is 0 Å². The van der Waals surface area contributed by atoms with Gasteiger partial charge in [-0.15, -0.1) is 0 Å². The minimum atomic E-state index is -4.42. The van der Waals surface area contributed by atoms with Gasteiger partial charge in [-0.05, 0) is 26.0 Å². The molecule has 1 rings (SSSR count). The Bertz CT molecular complexity index is 431. The molecule has 0 spiro atoms. The summed E-state index contributed by atoms with van der Waals surface area (Å²) in [6.07, 6.45) is -6.32. The van der Waals surface area contributed by atoms with Crippen molar-refractivity contribution < 1.29 is 17.9 Å². The molecule has 0 saturated carbocycles. The number of benzene rings is 1. The van der Waals surface area contributed by atoms with E-state index in [1.165, 1.54) is 6.07 Å². The van der Waals surface area contributed by atoms with Crippen LogP contribution in [-0.2, 0) is 0 Å². The van der Waals surface area contributed by atoms with E-state index in [0.717, 1.165) is 12.5 Å². The van der Waals surface area contributed by atoms with Gasteiger partial charge >= 0.3 is 6.18 Å². The van der Waals surface area contributed by atoms with Crippen LogP contribution in [0.3, 0.4) is 0 Å². The van der Waals surface area contributed by atoms with Crippen molar-refractivity contribution in [1.29, 1.82) is 0 Å². The van der Waals surface area contributed by atoms with E-state index in [0.29, 0.717) is 5.56 Å². The number of hydrogen-bond donors (Lipinski definition) is 1. The largest absolute Gasteiger partial charge is 0.481 e. The van der Waals surface area contributed by atoms with Crippen LogP contribution in [0.1, 0.15) is 18.1 Å². The number of aryl methyl sites for hydroxylation is 1. The predicted molar refractivity (Wildman–Crippen MR) is 63.2 cm³/mol. The van der Waals surface area contributed by atoms with Crippen LogP contribution in [0.5, 0.6) is 5.75 Å². The summed E-state index contributed by atoms with van der Waals surface area (Å²) in [4.78, 5) is 0.0121. The zero-order valence-electron chi connectivity index (χ0n) is 9.34. The monoisotopic (exact) mass is 263 g/mol. The van der Waals surface area contributed by atoms with Crippen molar-refractivity contribution in [1.82, 2.24) is 0 Å². The standard InChI is InChI=1S/C11H12F3NOS/c1-6-3-4-9(8(5-6)10(15)17)16-7(2)11(12,13)14/h3-5,7H,1-2H3,(H2,15,17). The van der Waals surface area contributed by atoms with Gasteiger partial charge in [0.2, 0.25) is 0 Å². The van der Waals surface area contributed by atoms with Crippen LogP contribution < -0.4 is 10.5 Å². The summed E-state index contributed by atoms with van der Waals surface area (Å²) < 4.78 is 41.9. The fraction of sp³-hybridized carbons (Fsp3) is 0.364. The smallest absolute Gasteiger partial charge is 0.425 e. The van der Waals surface area contributed by atoms with Crippen LogP contribution in [0.15, 0.2) is 18.2 Å². The second-order valence-corrected chi connectivity index (χ2v) is 4.11. The quantitative estimate of drug-likeness (QED) is 0.851. The molecule has 94 valence electrons. The summed E-state index contributed by atoms with van der Waals surface area (Å²) in [5.74, 6) is 0.0490. The lowest BCUT2D eigenvalue weighted by Crippen LogP contribution is -2.31. The topological polar surface area (TPSA) is 35.2 Å². The van der Waals surface area contributed by atoms with Crippen LogP contribution in [0.2, 0.25) is 0 Å². The van der Waals surface area contributed by atoms with Crippen LogP contribution in [0.4, 0.5) is 13.2 Å². The van der Waals surface area contributed by atoms with E-state index in [1.807, 2.05) is 0 Å². The summed E-state index contributed by atoms with van der Waals surface area (Å²) in [6, 6.07) is 4.67. The van der Waals surface area contributed by atoms with E-state index in [1.54, 1.807) is 19.1 Å². The fourth-order valence-electron chi connectivity index (χ4n) is 1.20. The maximum atomic E-state index is 12.4. The van der Waals surface area contributed by atoms with Gasteiger partial charge in [-0.3, -0.25) is 0 Å². The summed E-state index contributed by atoms with van der Waals surface area (Å²) in [5, 5.41) is 0. The Kier molecular flexibility index (Phi) is 3.98. The van der Waals surface area contributed by atoms with E-state index in [9.17, 15) is 13.2 Å². The van der Waals surface area contributed by atoms with Gasteiger partial charge in [0.1, 0.15) is 10.7 Å². The Morgan fingerprint density at radius 3 is 2.47 bits per heavy atom. The summed E-state index contributed by atoms with van der Waals surface area (Å²) in [7, 11) is 0. The number of halogens is 3. The van der Waals surface area contributed by atoms with Crippen LogP contribution in [0.25, 0.3) is 0 Å². The van der Waals surface area contributed by atoms with Crippen LogP contribution in [-0.4, -0.2) is 17.3 Å². The molecule has 1 aromatic rings. The molecule has 2 nitrogen and oxygen atoms in total. The molecule has 0 aliphatic rings. The second-order valence-electron chi connectivity index (χ2n) is 3.67. The lowest BCUT2D eigenvalue weighted by atomic mass is 10.1. The first-order valence-electron chi connectivity index (χ1n) is 4.85. The van der Waals surface area contributed by atoms with Crippen molar-refractivity contribution in [3.05, 3.63) is 29.3 Å². The van der Waals surface area contributed by atoms with Crippen molar-refractivity contribution in [2.24, 2.45) is 5.73 Å². The van der Waals surface area contributed by atoms with Crippen molar-refractivity contribution >= 4 is 17.2 Å². The van der Waals surface area contributed by atoms with Crippen molar-refractivity contribution in [2.75, 3.05) is 0 Å². The zero-order chi connectivity index (χ0) is 13.2. The van der Waals surface area contributed by atoms with Gasteiger partial charge in [0.15, 0.2) is 6.10 Å². The molecule has 17 heavy (non-hydrogen) atoms. The van der Waals surface area contributed by atoms with Crippen molar-refractivity contribution in [2.45, 2.75) is 26.1 Å². The third kappa shape index (κ3) is 3.59. The molecule has 2 N–H and O–H groups in total. The lowest BCUT2D eigenvalue weighted by Gasteiger charge is -2.19. The Hall–Kier alpha value is -1.30. The normalized spacial score (nSPS) is 13.2. The maximum absolute atomic E-state index is 12.4. The molecule has 0 bridgehead atoms. The van der Waals surface area contributed by atoms with E-state index in [-0.39, 0.29) is 10.7 Å². The highest BCUT2D eigenvalue weighted by Crippen LogP contribution is 2.27. The molecular weight excluding hydrogens is 251 g/mol. The highest BCUT2D eigenvalue weighted by molar-refractivity contribution is 7.80. The number of ether oxygens (including phenoxy) is 1. The van der Waals surface area contributed by atoms with E-state index in [4.69, 9.17) is 22.7 Å². The summed E-state index contributed by atoms with van der Waals surface area (Å²) in [5.41, 5.74) is 6.60. The minimum absolute atomic E-state index is 0.0121. The molecule has 0 aromatic heterocycles. The van der Waals surface area contributed by atoms with E-state index in [2.05, 4.69) is 0 Å². The molecule has 1 atom stereocenters. The molecule has 0 fully saturated rings. The van der Waals surface area contributed by atoms with E-state index >= 15 is 0 Å². The first kappa shape index (κ1) is 13.8. The van der Waals surface area contributed by atoms with Gasteiger partial charge < -0.3 is 10.5 Å². The average molecular weight is 263 g/mol. The number of thiocarbonyl (C=S) groups is 1. The zero-order valence-corrected chi connectivity index (χ0v) is 10.2. The lowest BCUT2D eigenvalue weighted by molar-refractivity contribution is -0.189. The van der Waals surface area contributed by atoms with Gasteiger partial charge in [0.05, 0.1) is 5.56 Å². The van der Waals surface area contributed by atoms with Gasteiger partial charge in [-0.1, -0.05) is 23.8 Å². The van der Waals surface area contributed by atoms with E-state index < -0.39 is 12.3 Å².